The first-order valence-electron chi connectivity index (χ1n) is 8.13. The maximum atomic E-state index is 12.4. The van der Waals surface area contributed by atoms with Crippen LogP contribution in [0.4, 0.5) is 18.9 Å². The SMILES string of the molecule is NC(=NCCCc1nnc2ccccn12)Nc1ccccc1OC(F)(F)F. The molecule has 0 atom stereocenters. The largest absolute Gasteiger partial charge is 0.573 e. The monoisotopic (exact) mass is 378 g/mol. The lowest BCUT2D eigenvalue weighted by Gasteiger charge is -2.14. The third kappa shape index (κ3) is 5.09. The molecule has 0 saturated carbocycles. The summed E-state index contributed by atoms with van der Waals surface area (Å²) in [4.78, 5) is 4.13. The van der Waals surface area contributed by atoms with Gasteiger partial charge >= 0.3 is 6.36 Å². The number of hydrogen-bond donors (Lipinski definition) is 2. The van der Waals surface area contributed by atoms with Crippen molar-refractivity contribution in [3.63, 3.8) is 0 Å². The van der Waals surface area contributed by atoms with E-state index in [2.05, 4.69) is 25.2 Å². The first-order valence-corrected chi connectivity index (χ1v) is 8.13. The number of fused-ring (bicyclic) bond motifs is 1. The lowest BCUT2D eigenvalue weighted by Crippen LogP contribution is -2.24. The van der Waals surface area contributed by atoms with Gasteiger partial charge in [-0.1, -0.05) is 18.2 Å². The number of anilines is 1. The first-order chi connectivity index (χ1) is 12.9. The summed E-state index contributed by atoms with van der Waals surface area (Å²) in [6.07, 6.45) is -1.62. The predicted octanol–water partition coefficient (Wildman–Crippen LogP) is 2.99. The van der Waals surface area contributed by atoms with Crippen LogP contribution in [0.1, 0.15) is 12.2 Å². The molecule has 2 heterocycles. The molecule has 0 aliphatic rings. The standard InChI is InChI=1S/C17H17F3N6O/c18-17(19,20)27-13-7-2-1-6-12(13)23-16(21)22-10-5-9-15-25-24-14-8-3-4-11-26(14)15/h1-4,6-8,11H,5,9-10H2,(H3,21,22,23). The molecule has 0 amide bonds. The van der Waals surface area contributed by atoms with Crippen molar-refractivity contribution in [2.24, 2.45) is 10.7 Å². The summed E-state index contributed by atoms with van der Waals surface area (Å²) in [5.74, 6) is 0.425. The molecule has 10 heteroatoms. The molecule has 27 heavy (non-hydrogen) atoms. The highest BCUT2D eigenvalue weighted by molar-refractivity contribution is 5.93. The number of ether oxygens (including phenoxy) is 1. The molecular weight excluding hydrogens is 361 g/mol. The molecule has 1 aromatic carbocycles. The van der Waals surface area contributed by atoms with Crippen LogP contribution in [-0.4, -0.2) is 33.5 Å². The molecule has 0 saturated heterocycles. The Morgan fingerprint density at radius 3 is 2.74 bits per heavy atom. The number of para-hydroxylation sites is 2. The number of nitrogens with zero attached hydrogens (tertiary/aromatic N) is 4. The summed E-state index contributed by atoms with van der Waals surface area (Å²) in [6, 6.07) is 11.2. The molecule has 142 valence electrons. The Labute approximate surface area is 152 Å². The van der Waals surface area contributed by atoms with E-state index in [4.69, 9.17) is 5.73 Å². The molecule has 3 aromatic rings. The third-order valence-electron chi connectivity index (χ3n) is 3.60. The molecule has 0 radical (unpaired) electrons. The number of rotatable bonds is 6. The van der Waals surface area contributed by atoms with Gasteiger partial charge in [0.1, 0.15) is 5.82 Å². The Kier molecular flexibility index (Phi) is 5.43. The molecule has 0 spiro atoms. The third-order valence-corrected chi connectivity index (χ3v) is 3.60. The second kappa shape index (κ2) is 7.94. The maximum absolute atomic E-state index is 12.4. The summed E-state index contributed by atoms with van der Waals surface area (Å²) in [7, 11) is 0. The molecule has 0 aliphatic heterocycles. The summed E-state index contributed by atoms with van der Waals surface area (Å²) in [5.41, 5.74) is 6.60. The fourth-order valence-corrected chi connectivity index (χ4v) is 2.46. The van der Waals surface area contributed by atoms with Crippen molar-refractivity contribution < 1.29 is 17.9 Å². The Morgan fingerprint density at radius 1 is 1.15 bits per heavy atom. The summed E-state index contributed by atoms with van der Waals surface area (Å²) in [5, 5.41) is 10.8. The lowest BCUT2D eigenvalue weighted by molar-refractivity contribution is -0.274. The maximum Gasteiger partial charge on any atom is 0.573 e. The topological polar surface area (TPSA) is 89.8 Å². The quantitative estimate of drug-likeness (QED) is 0.391. The van der Waals surface area contributed by atoms with Crippen LogP contribution in [0.5, 0.6) is 5.75 Å². The van der Waals surface area contributed by atoms with E-state index in [0.717, 1.165) is 11.5 Å². The minimum absolute atomic E-state index is 0.000624. The van der Waals surface area contributed by atoms with E-state index >= 15 is 0 Å². The Morgan fingerprint density at radius 2 is 1.93 bits per heavy atom. The van der Waals surface area contributed by atoms with Crippen molar-refractivity contribution in [2.75, 3.05) is 11.9 Å². The molecule has 0 bridgehead atoms. The van der Waals surface area contributed by atoms with E-state index in [0.29, 0.717) is 19.4 Å². The van der Waals surface area contributed by atoms with Gasteiger partial charge in [-0.25, -0.2) is 0 Å². The second-order valence-corrected chi connectivity index (χ2v) is 5.58. The average molecular weight is 378 g/mol. The van der Waals surface area contributed by atoms with Crippen molar-refractivity contribution in [3.05, 3.63) is 54.5 Å². The zero-order valence-electron chi connectivity index (χ0n) is 14.1. The van der Waals surface area contributed by atoms with Gasteiger partial charge in [0.05, 0.1) is 5.69 Å². The average Bonchev–Trinajstić information content (AvgIpc) is 3.02. The first kappa shape index (κ1) is 18.5. The molecule has 2 aromatic heterocycles. The van der Waals surface area contributed by atoms with Gasteiger partial charge in [-0.15, -0.1) is 23.4 Å². The van der Waals surface area contributed by atoms with Crippen molar-refractivity contribution in [1.82, 2.24) is 14.6 Å². The van der Waals surface area contributed by atoms with Gasteiger partial charge in [-0.05, 0) is 30.7 Å². The van der Waals surface area contributed by atoms with Gasteiger partial charge in [-0.3, -0.25) is 9.39 Å². The molecule has 7 nitrogen and oxygen atoms in total. The number of aromatic nitrogens is 3. The van der Waals surface area contributed by atoms with Gasteiger partial charge in [0, 0.05) is 19.2 Å². The van der Waals surface area contributed by atoms with Gasteiger partial charge in [0.15, 0.2) is 17.4 Å². The zero-order chi connectivity index (χ0) is 19.3. The zero-order valence-corrected chi connectivity index (χ0v) is 14.1. The van der Waals surface area contributed by atoms with Crippen LogP contribution in [0.2, 0.25) is 0 Å². The van der Waals surface area contributed by atoms with Crippen LogP contribution in [0, 0.1) is 0 Å². The number of hydrogen-bond acceptors (Lipinski definition) is 4. The smallest absolute Gasteiger partial charge is 0.404 e. The van der Waals surface area contributed by atoms with Gasteiger partial charge in [-0.2, -0.15) is 0 Å². The van der Waals surface area contributed by atoms with Crippen molar-refractivity contribution in [3.8, 4) is 5.75 Å². The number of aliphatic imine (C=N–C) groups is 1. The Hall–Kier alpha value is -3.30. The van der Waals surface area contributed by atoms with Gasteiger partial charge < -0.3 is 15.8 Å². The number of benzene rings is 1. The van der Waals surface area contributed by atoms with Crippen LogP contribution in [0.3, 0.4) is 0 Å². The predicted molar refractivity (Wildman–Crippen MR) is 94.5 cm³/mol. The molecular formula is C17H17F3N6O. The van der Waals surface area contributed by atoms with Crippen molar-refractivity contribution in [1.29, 1.82) is 0 Å². The molecule has 0 fully saturated rings. The van der Waals surface area contributed by atoms with Crippen LogP contribution in [-0.2, 0) is 6.42 Å². The van der Waals surface area contributed by atoms with E-state index in [-0.39, 0.29) is 17.4 Å². The van der Waals surface area contributed by atoms with Crippen LogP contribution in [0.25, 0.3) is 5.65 Å². The normalized spacial score (nSPS) is 12.3. The number of halogens is 3. The summed E-state index contributed by atoms with van der Waals surface area (Å²) < 4.78 is 43.1. The van der Waals surface area contributed by atoms with Crippen LogP contribution < -0.4 is 15.8 Å². The van der Waals surface area contributed by atoms with Gasteiger partial charge in [0.2, 0.25) is 0 Å². The summed E-state index contributed by atoms with van der Waals surface area (Å²) >= 11 is 0. The van der Waals surface area contributed by atoms with E-state index in [1.165, 1.54) is 18.2 Å². The van der Waals surface area contributed by atoms with E-state index in [9.17, 15) is 13.2 Å². The fraction of sp³-hybridized carbons (Fsp3) is 0.235. The highest BCUT2D eigenvalue weighted by atomic mass is 19.4. The number of pyridine rings is 1. The molecule has 0 aliphatic carbocycles. The Balaban J connectivity index is 1.56. The highest BCUT2D eigenvalue weighted by Gasteiger charge is 2.32. The second-order valence-electron chi connectivity index (χ2n) is 5.58. The van der Waals surface area contributed by atoms with Crippen LogP contribution >= 0.6 is 0 Å². The minimum atomic E-state index is -4.79. The molecule has 3 N–H and O–H groups in total. The van der Waals surface area contributed by atoms with Crippen LogP contribution in [0.15, 0.2) is 53.7 Å². The van der Waals surface area contributed by atoms with Crippen molar-refractivity contribution in [2.45, 2.75) is 19.2 Å². The van der Waals surface area contributed by atoms with Crippen molar-refractivity contribution >= 4 is 17.3 Å². The number of guanidine groups is 1. The minimum Gasteiger partial charge on any atom is -0.404 e. The van der Waals surface area contributed by atoms with E-state index in [1.807, 2.05) is 28.8 Å². The molecule has 3 rings (SSSR count). The summed E-state index contributed by atoms with van der Waals surface area (Å²) in [6.45, 7) is 0.378. The van der Waals surface area contributed by atoms with Gasteiger partial charge in [0.25, 0.3) is 0 Å². The number of alkyl halides is 3. The number of nitrogens with one attached hydrogen (secondary N) is 1. The van der Waals surface area contributed by atoms with E-state index in [1.54, 1.807) is 6.07 Å². The highest BCUT2D eigenvalue weighted by Crippen LogP contribution is 2.29. The fourth-order valence-electron chi connectivity index (χ4n) is 2.46. The van der Waals surface area contributed by atoms with E-state index < -0.39 is 6.36 Å². The molecule has 0 unspecified atom stereocenters. The number of aryl methyl sites for hydroxylation is 1. The number of nitrogens with two attached hydrogens (primary N) is 1. The lowest BCUT2D eigenvalue weighted by atomic mass is 10.3. The Bertz CT molecular complexity index is 938.